The summed E-state index contributed by atoms with van der Waals surface area (Å²) >= 11 is 7.61. The summed E-state index contributed by atoms with van der Waals surface area (Å²) in [7, 11) is 1.55. The molecule has 39 heavy (non-hydrogen) atoms. The van der Waals surface area contributed by atoms with Crippen LogP contribution in [-0.2, 0) is 6.18 Å². The van der Waals surface area contributed by atoms with Crippen LogP contribution in [0.4, 0.5) is 17.6 Å². The molecule has 0 saturated carbocycles. The third kappa shape index (κ3) is 7.37. The highest BCUT2D eigenvalue weighted by atomic mass is 35.5. The van der Waals surface area contributed by atoms with Crippen molar-refractivity contribution < 1.29 is 27.4 Å². The molecule has 1 N–H and O–H groups in total. The molecule has 4 nitrogen and oxygen atoms in total. The second-order valence-electron chi connectivity index (χ2n) is 10.1. The lowest BCUT2D eigenvalue weighted by molar-refractivity contribution is -0.139. The molecule has 0 bridgehead atoms. The second-order valence-corrected chi connectivity index (χ2v) is 11.6. The van der Waals surface area contributed by atoms with Gasteiger partial charge >= 0.3 is 6.18 Å². The fourth-order valence-electron chi connectivity index (χ4n) is 5.23. The monoisotopic (exact) mass is 584 g/mol. The van der Waals surface area contributed by atoms with Crippen molar-refractivity contribution in [2.45, 2.75) is 49.3 Å². The van der Waals surface area contributed by atoms with Gasteiger partial charge in [0.1, 0.15) is 11.9 Å². The Balaban J connectivity index is 1.29. The number of aliphatic hydroxyl groups is 1. The highest BCUT2D eigenvalue weighted by molar-refractivity contribution is 7.99. The van der Waals surface area contributed by atoms with Gasteiger partial charge in [0.25, 0.3) is 0 Å². The molecule has 1 aliphatic heterocycles. The topological polar surface area (TPSA) is 45.6 Å². The van der Waals surface area contributed by atoms with E-state index in [1.165, 1.54) is 30.1 Å². The van der Waals surface area contributed by atoms with Crippen LogP contribution >= 0.6 is 23.4 Å². The summed E-state index contributed by atoms with van der Waals surface area (Å²) in [5.74, 6) is 1.19. The normalized spacial score (nSPS) is 16.9. The number of fused-ring (bicyclic) bond motifs is 1. The van der Waals surface area contributed by atoms with E-state index in [9.17, 15) is 18.3 Å². The number of alkyl halides is 4. The van der Waals surface area contributed by atoms with Gasteiger partial charge in [0.05, 0.1) is 23.2 Å². The van der Waals surface area contributed by atoms with Crippen LogP contribution in [0.15, 0.2) is 53.6 Å². The molecule has 1 atom stereocenters. The smallest absolute Gasteiger partial charge is 0.417 e. The Kier molecular flexibility index (Phi) is 10.0. The molecule has 1 fully saturated rings. The van der Waals surface area contributed by atoms with Crippen molar-refractivity contribution in [2.24, 2.45) is 5.41 Å². The highest BCUT2D eigenvalue weighted by Crippen LogP contribution is 2.42. The van der Waals surface area contributed by atoms with Gasteiger partial charge in [0, 0.05) is 28.6 Å². The standard InChI is InChI=1S/C29H33ClF4N2O2S/c1-38-20-7-8-25-21(17-20)27(23(30)18-35-25)24(31)9-10-28(19-37)11-14-36(15-12-28)13-4-16-39-26-6-3-2-5-22(26)29(32,33)34/h2-3,5-8,17-18,24,37H,4,9-16,19H2,1H3/t24-/m0/s1. The Hall–Kier alpha value is -2.07. The molecule has 4 rings (SSSR count). The van der Waals surface area contributed by atoms with Crippen molar-refractivity contribution in [3.8, 4) is 5.75 Å². The number of halogens is 5. The van der Waals surface area contributed by atoms with Crippen molar-refractivity contribution in [2.75, 3.05) is 39.1 Å². The zero-order valence-electron chi connectivity index (χ0n) is 21.8. The third-order valence-corrected chi connectivity index (χ3v) is 9.09. The van der Waals surface area contributed by atoms with Crippen LogP contribution in [0.3, 0.4) is 0 Å². The van der Waals surface area contributed by atoms with Crippen LogP contribution in [0.2, 0.25) is 5.02 Å². The molecule has 212 valence electrons. The number of aliphatic hydroxyl groups excluding tert-OH is 1. The lowest BCUT2D eigenvalue weighted by atomic mass is 9.74. The number of hydrogen-bond donors (Lipinski definition) is 1. The van der Waals surface area contributed by atoms with E-state index in [4.69, 9.17) is 16.3 Å². The first-order chi connectivity index (χ1) is 18.7. The summed E-state index contributed by atoms with van der Waals surface area (Å²) in [5, 5.41) is 11.1. The number of likely N-dealkylation sites (tertiary alicyclic amines) is 1. The van der Waals surface area contributed by atoms with Crippen LogP contribution < -0.4 is 4.74 Å². The van der Waals surface area contributed by atoms with Crippen molar-refractivity contribution >= 4 is 34.3 Å². The number of rotatable bonds is 11. The van der Waals surface area contributed by atoms with Crippen LogP contribution in [0.1, 0.15) is 49.4 Å². The van der Waals surface area contributed by atoms with E-state index in [2.05, 4.69) is 9.88 Å². The number of piperidine rings is 1. The molecule has 0 spiro atoms. The summed E-state index contributed by atoms with van der Waals surface area (Å²) in [6, 6.07) is 11.0. The lowest BCUT2D eigenvalue weighted by Gasteiger charge is -2.41. The first kappa shape index (κ1) is 29.9. The van der Waals surface area contributed by atoms with Crippen molar-refractivity contribution in [3.05, 3.63) is 64.8 Å². The number of pyridine rings is 1. The average molecular weight is 585 g/mol. The Morgan fingerprint density at radius 3 is 2.62 bits per heavy atom. The molecule has 0 unspecified atom stereocenters. The minimum absolute atomic E-state index is 0.0176. The molecule has 10 heteroatoms. The molecule has 0 aliphatic carbocycles. The maximum Gasteiger partial charge on any atom is 0.417 e. The molecular formula is C29H33ClF4N2O2S. The predicted octanol–water partition coefficient (Wildman–Crippen LogP) is 7.96. The van der Waals surface area contributed by atoms with Gasteiger partial charge in [-0.2, -0.15) is 13.2 Å². The third-order valence-electron chi connectivity index (χ3n) is 7.63. The molecule has 2 aromatic carbocycles. The van der Waals surface area contributed by atoms with Gasteiger partial charge < -0.3 is 14.7 Å². The van der Waals surface area contributed by atoms with Gasteiger partial charge in [0.15, 0.2) is 0 Å². The van der Waals surface area contributed by atoms with Crippen molar-refractivity contribution in [3.63, 3.8) is 0 Å². The Labute approximate surface area is 235 Å². The summed E-state index contributed by atoms with van der Waals surface area (Å²) in [6.45, 7) is 2.28. The Morgan fingerprint density at radius 1 is 1.18 bits per heavy atom. The van der Waals surface area contributed by atoms with E-state index in [1.807, 2.05) is 0 Å². The van der Waals surface area contributed by atoms with Gasteiger partial charge in [0.2, 0.25) is 0 Å². The number of methoxy groups -OCH3 is 1. The first-order valence-electron chi connectivity index (χ1n) is 13.0. The second kappa shape index (κ2) is 13.1. The van der Waals surface area contributed by atoms with E-state index in [0.29, 0.717) is 34.4 Å². The van der Waals surface area contributed by atoms with Crippen molar-refractivity contribution in [1.29, 1.82) is 0 Å². The fraction of sp³-hybridized carbons (Fsp3) is 0.483. The summed E-state index contributed by atoms with van der Waals surface area (Å²) in [5.41, 5.74) is 0.0830. The predicted molar refractivity (Wildman–Crippen MR) is 148 cm³/mol. The minimum Gasteiger partial charge on any atom is -0.497 e. The summed E-state index contributed by atoms with van der Waals surface area (Å²) in [4.78, 5) is 6.83. The molecule has 0 amide bonds. The Bertz CT molecular complexity index is 1250. The SMILES string of the molecule is COc1ccc2ncc(Cl)c([C@@H](F)CCC3(CO)CCN(CCCSc4ccccc4C(F)(F)F)CC3)c2c1. The zero-order chi connectivity index (χ0) is 28.0. The van der Waals surface area contributed by atoms with Gasteiger partial charge in [-0.3, -0.25) is 4.98 Å². The molecule has 0 radical (unpaired) electrons. The van der Waals surface area contributed by atoms with Crippen LogP contribution in [0, 0.1) is 5.41 Å². The molecular weight excluding hydrogens is 552 g/mol. The van der Waals surface area contributed by atoms with Gasteiger partial charge in [-0.05, 0) is 93.2 Å². The van der Waals surface area contributed by atoms with E-state index in [0.717, 1.165) is 45.0 Å². The Morgan fingerprint density at radius 2 is 1.92 bits per heavy atom. The van der Waals surface area contributed by atoms with Crippen molar-refractivity contribution in [1.82, 2.24) is 9.88 Å². The van der Waals surface area contributed by atoms with Crippen LogP contribution in [0.5, 0.6) is 5.75 Å². The van der Waals surface area contributed by atoms with Crippen LogP contribution in [-0.4, -0.2) is 54.1 Å². The number of benzene rings is 2. The molecule has 1 aromatic heterocycles. The summed E-state index contributed by atoms with van der Waals surface area (Å²) in [6.07, 6.45) is -1.22. The number of ether oxygens (including phenoxy) is 1. The molecule has 3 aromatic rings. The zero-order valence-corrected chi connectivity index (χ0v) is 23.4. The maximum atomic E-state index is 15.6. The fourth-order valence-corrected chi connectivity index (χ4v) is 6.50. The first-order valence-corrected chi connectivity index (χ1v) is 14.4. The largest absolute Gasteiger partial charge is 0.497 e. The molecule has 1 aliphatic rings. The van der Waals surface area contributed by atoms with E-state index in [1.54, 1.807) is 31.4 Å². The maximum absolute atomic E-state index is 15.6. The lowest BCUT2D eigenvalue weighted by Crippen LogP contribution is -2.42. The van der Waals surface area contributed by atoms with E-state index < -0.39 is 17.9 Å². The highest BCUT2D eigenvalue weighted by Gasteiger charge is 2.35. The number of thioether (sulfide) groups is 1. The van der Waals surface area contributed by atoms with Gasteiger partial charge in [-0.15, -0.1) is 11.8 Å². The van der Waals surface area contributed by atoms with E-state index >= 15 is 4.39 Å². The summed E-state index contributed by atoms with van der Waals surface area (Å²) < 4.78 is 60.5. The quantitative estimate of drug-likeness (QED) is 0.141. The number of hydrogen-bond acceptors (Lipinski definition) is 5. The van der Waals surface area contributed by atoms with Gasteiger partial charge in [-0.25, -0.2) is 4.39 Å². The molecule has 2 heterocycles. The average Bonchev–Trinajstić information content (AvgIpc) is 2.94. The van der Waals surface area contributed by atoms with Gasteiger partial charge in [-0.1, -0.05) is 23.7 Å². The number of aromatic nitrogens is 1. The van der Waals surface area contributed by atoms with E-state index in [-0.39, 0.29) is 28.4 Å². The minimum atomic E-state index is -4.36. The van der Waals surface area contributed by atoms with Crippen LogP contribution in [0.25, 0.3) is 10.9 Å². The molecule has 1 saturated heterocycles. The number of nitrogens with zero attached hydrogens (tertiary/aromatic N) is 2.